The zero-order chi connectivity index (χ0) is 28.3. The van der Waals surface area contributed by atoms with Crippen LogP contribution in [0.4, 0.5) is 15.1 Å². The number of aliphatic hydroxyl groups excluding tert-OH is 1. The number of hydrogen-bond donors (Lipinski definition) is 2. The van der Waals surface area contributed by atoms with Crippen LogP contribution in [0.15, 0.2) is 18.3 Å². The number of nitrogens with zero attached hydrogens (tertiary/aromatic N) is 5. The number of fused-ring (bicyclic) bond motifs is 3. The summed E-state index contributed by atoms with van der Waals surface area (Å²) in [6.07, 6.45) is 0.131. The summed E-state index contributed by atoms with van der Waals surface area (Å²) in [5, 5.41) is 14.3. The Morgan fingerprint density at radius 3 is 2.88 bits per heavy atom. The Hall–Kier alpha value is -3.06. The number of carbonyl (C=O) groups excluding carboxylic acids is 1. The smallest absolute Gasteiger partial charge is 0.409 e. The number of rotatable bonds is 5. The van der Waals surface area contributed by atoms with Crippen molar-refractivity contribution in [2.75, 3.05) is 32.1 Å². The number of ether oxygens (including phenoxy) is 3. The second-order valence-corrected chi connectivity index (χ2v) is 11.4. The van der Waals surface area contributed by atoms with Crippen LogP contribution in [-0.4, -0.2) is 87.0 Å². The van der Waals surface area contributed by atoms with Crippen molar-refractivity contribution < 1.29 is 28.5 Å². The Labute approximate surface area is 235 Å². The highest BCUT2D eigenvalue weighted by molar-refractivity contribution is 6.33. The summed E-state index contributed by atoms with van der Waals surface area (Å²) >= 11 is 6.52. The molecule has 3 aromatic rings. The fourth-order valence-electron chi connectivity index (χ4n) is 6.02. The normalized spacial score (nSPS) is 28.1. The molecule has 0 aliphatic carbocycles. The summed E-state index contributed by atoms with van der Waals surface area (Å²) in [7, 11) is 1.36. The third-order valence-electron chi connectivity index (χ3n) is 8.07. The van der Waals surface area contributed by atoms with Gasteiger partial charge in [0.05, 0.1) is 42.2 Å². The number of halogens is 2. The molecule has 1 aromatic carbocycles. The van der Waals surface area contributed by atoms with Gasteiger partial charge in [-0.2, -0.15) is 0 Å². The van der Waals surface area contributed by atoms with E-state index in [1.807, 2.05) is 31.4 Å². The van der Waals surface area contributed by atoms with E-state index >= 15 is 4.39 Å². The molecule has 3 saturated heterocycles. The quantitative estimate of drug-likeness (QED) is 0.466. The molecule has 1 amide bonds. The number of hydrogen-bond acceptors (Lipinski definition) is 9. The van der Waals surface area contributed by atoms with E-state index in [-0.39, 0.29) is 40.5 Å². The third kappa shape index (κ3) is 4.56. The van der Waals surface area contributed by atoms with Gasteiger partial charge in [0.25, 0.3) is 0 Å². The molecule has 0 saturated carbocycles. The summed E-state index contributed by atoms with van der Waals surface area (Å²) < 4.78 is 33.8. The first kappa shape index (κ1) is 27.1. The maximum atomic E-state index is 15.6. The summed E-state index contributed by atoms with van der Waals surface area (Å²) in [6, 6.07) is 2.78. The maximum Gasteiger partial charge on any atom is 0.409 e. The molecule has 6 atom stereocenters. The fourth-order valence-corrected chi connectivity index (χ4v) is 6.22. The van der Waals surface area contributed by atoms with Gasteiger partial charge in [0.1, 0.15) is 23.5 Å². The summed E-state index contributed by atoms with van der Waals surface area (Å²) in [4.78, 5) is 27.3. The Bertz CT molecular complexity index is 1440. The highest BCUT2D eigenvalue weighted by Gasteiger charge is 2.48. The van der Waals surface area contributed by atoms with Gasteiger partial charge in [-0.05, 0) is 32.4 Å². The van der Waals surface area contributed by atoms with Gasteiger partial charge in [0.15, 0.2) is 12.1 Å². The molecular formula is C27H32ClFN6O5. The van der Waals surface area contributed by atoms with Crippen molar-refractivity contribution in [3.8, 4) is 11.3 Å². The van der Waals surface area contributed by atoms with Crippen LogP contribution in [0.2, 0.25) is 5.02 Å². The molecule has 3 fully saturated rings. The number of imidazole rings is 1. The average molecular weight is 575 g/mol. The number of nitrogens with one attached hydrogen (secondary N) is 1. The molecule has 40 heavy (non-hydrogen) atoms. The highest BCUT2D eigenvalue weighted by Crippen LogP contribution is 2.37. The van der Waals surface area contributed by atoms with Gasteiger partial charge in [-0.15, -0.1) is 0 Å². The Kier molecular flexibility index (Phi) is 7.06. The molecule has 2 aromatic heterocycles. The number of aromatic nitrogens is 4. The van der Waals surface area contributed by atoms with Crippen LogP contribution < -0.4 is 5.32 Å². The Morgan fingerprint density at radius 1 is 1.32 bits per heavy atom. The molecule has 1 unspecified atom stereocenters. The SMILES string of the molecule is COC(=O)N1CC[C@@H](c2nc3c(F)cc(-c4nc(NC5[C@@H](C)[C@H]6OC[C@H](O6)[C@H]5O)ncc4Cl)cc3n2C(C)C)C1. The van der Waals surface area contributed by atoms with Crippen molar-refractivity contribution in [3.05, 3.63) is 35.0 Å². The molecule has 0 spiro atoms. The second-order valence-electron chi connectivity index (χ2n) is 10.9. The number of carbonyl (C=O) groups is 1. The first-order valence-electron chi connectivity index (χ1n) is 13.4. The van der Waals surface area contributed by atoms with E-state index in [0.29, 0.717) is 42.9 Å². The molecule has 0 radical (unpaired) electrons. The third-order valence-corrected chi connectivity index (χ3v) is 8.35. The maximum absolute atomic E-state index is 15.6. The number of amides is 1. The molecular weight excluding hydrogens is 543 g/mol. The van der Waals surface area contributed by atoms with Gasteiger partial charge < -0.3 is 34.1 Å². The largest absolute Gasteiger partial charge is 0.453 e. The molecule has 6 rings (SSSR count). The lowest BCUT2D eigenvalue weighted by Gasteiger charge is -2.37. The zero-order valence-electron chi connectivity index (χ0n) is 22.7. The molecule has 2 N–H and O–H groups in total. The predicted octanol–water partition coefficient (Wildman–Crippen LogP) is 3.96. The second kappa shape index (κ2) is 10.4. The number of anilines is 1. The van der Waals surface area contributed by atoms with E-state index in [1.165, 1.54) is 19.4 Å². The van der Waals surface area contributed by atoms with Crippen LogP contribution >= 0.6 is 11.6 Å². The molecule has 5 heterocycles. The number of aliphatic hydroxyl groups is 1. The Morgan fingerprint density at radius 2 is 2.12 bits per heavy atom. The summed E-state index contributed by atoms with van der Waals surface area (Å²) in [5.41, 5.74) is 1.69. The van der Waals surface area contributed by atoms with Crippen molar-refractivity contribution >= 4 is 34.7 Å². The molecule has 13 heteroatoms. The lowest BCUT2D eigenvalue weighted by molar-refractivity contribution is -0.154. The summed E-state index contributed by atoms with van der Waals surface area (Å²) in [5.74, 6) is 0.270. The van der Waals surface area contributed by atoms with Gasteiger partial charge in [0.2, 0.25) is 5.95 Å². The minimum absolute atomic E-state index is 0.0194. The molecule has 2 bridgehead atoms. The van der Waals surface area contributed by atoms with Crippen molar-refractivity contribution in [3.63, 3.8) is 0 Å². The van der Waals surface area contributed by atoms with Crippen molar-refractivity contribution in [2.24, 2.45) is 5.92 Å². The van der Waals surface area contributed by atoms with E-state index in [2.05, 4.69) is 15.3 Å². The number of benzene rings is 1. The van der Waals surface area contributed by atoms with Gasteiger partial charge >= 0.3 is 6.09 Å². The van der Waals surface area contributed by atoms with Crippen LogP contribution in [-0.2, 0) is 14.2 Å². The topological polar surface area (TPSA) is 124 Å². The monoisotopic (exact) mass is 574 g/mol. The molecule has 3 aliphatic heterocycles. The van der Waals surface area contributed by atoms with Gasteiger partial charge in [-0.25, -0.2) is 24.1 Å². The van der Waals surface area contributed by atoms with E-state index in [4.69, 9.17) is 30.8 Å². The van der Waals surface area contributed by atoms with Crippen molar-refractivity contribution in [2.45, 2.75) is 63.7 Å². The average Bonchev–Trinajstić information content (AvgIpc) is 3.68. The highest BCUT2D eigenvalue weighted by atomic mass is 35.5. The van der Waals surface area contributed by atoms with Crippen LogP contribution in [0.3, 0.4) is 0 Å². The van der Waals surface area contributed by atoms with Crippen LogP contribution in [0, 0.1) is 11.7 Å². The molecule has 11 nitrogen and oxygen atoms in total. The zero-order valence-corrected chi connectivity index (χ0v) is 23.4. The predicted molar refractivity (Wildman–Crippen MR) is 145 cm³/mol. The molecule has 214 valence electrons. The van der Waals surface area contributed by atoms with Gasteiger partial charge in [-0.1, -0.05) is 18.5 Å². The van der Waals surface area contributed by atoms with E-state index in [1.54, 1.807) is 4.90 Å². The van der Waals surface area contributed by atoms with Crippen LogP contribution in [0.5, 0.6) is 0 Å². The first-order chi connectivity index (χ1) is 19.2. The van der Waals surface area contributed by atoms with E-state index in [9.17, 15) is 9.90 Å². The lowest BCUT2D eigenvalue weighted by Crippen LogP contribution is -2.53. The van der Waals surface area contributed by atoms with Crippen molar-refractivity contribution in [1.82, 2.24) is 24.4 Å². The van der Waals surface area contributed by atoms with Crippen LogP contribution in [0.1, 0.15) is 45.0 Å². The first-order valence-corrected chi connectivity index (χ1v) is 13.8. The van der Waals surface area contributed by atoms with Gasteiger partial charge in [-0.3, -0.25) is 0 Å². The van der Waals surface area contributed by atoms with Crippen molar-refractivity contribution in [1.29, 1.82) is 0 Å². The van der Waals surface area contributed by atoms with Crippen LogP contribution in [0.25, 0.3) is 22.3 Å². The lowest BCUT2D eigenvalue weighted by atomic mass is 9.91. The number of methoxy groups -OCH3 is 1. The number of likely N-dealkylation sites (tertiary alicyclic amines) is 1. The van der Waals surface area contributed by atoms with E-state index in [0.717, 1.165) is 5.82 Å². The molecule has 3 aliphatic rings. The van der Waals surface area contributed by atoms with E-state index < -0.39 is 30.4 Å². The van der Waals surface area contributed by atoms with Gasteiger partial charge in [0, 0.05) is 36.5 Å². The minimum atomic E-state index is -0.810. The Balaban J connectivity index is 1.35. The minimum Gasteiger partial charge on any atom is -0.453 e. The standard InChI is InChI=1S/C27H32ClFN6O5/c1-12(2)35-18-8-15(7-17(29)22(18)31-24(35)14-5-6-34(10-14)27(37)38-4)21-16(28)9-30-26(33-21)32-20-13(3)25-39-11-19(40-25)23(20)36/h7-9,12-14,19-20,23,25,36H,5-6,10-11H2,1-4H3,(H,30,32,33)/t13-,14-,19+,20?,23-,25+/m1/s1. The fraction of sp³-hybridized carbons (Fsp3) is 0.556. The summed E-state index contributed by atoms with van der Waals surface area (Å²) in [6.45, 7) is 7.28.